The number of fused-ring (bicyclic) bond motifs is 2. The Morgan fingerprint density at radius 2 is 2.03 bits per heavy atom. The van der Waals surface area contributed by atoms with Crippen LogP contribution in [0.2, 0.25) is 0 Å². The number of nitrogens with one attached hydrogen (secondary N) is 3. The number of halogens is 1. The lowest BCUT2D eigenvalue weighted by molar-refractivity contribution is 0.0932. The molecule has 3 aromatic heterocycles. The third kappa shape index (κ3) is 3.98. The van der Waals surface area contributed by atoms with E-state index in [9.17, 15) is 9.18 Å². The standard InChI is InChI=1S/C24H24FN7O2/c1-13-6-17(26-3)4-5-18(13)20-12-32-22-19(11-30-32)23(33)28-8-14(2)34-24-15(7-16(25)10-29-24)9-27-21(20)31-22/h4-7,10-12,14,26H,8-9H2,1-3H3,(H,27,31)(H,28,33)/t14-/m0/s1. The molecule has 4 aromatic rings. The van der Waals surface area contributed by atoms with E-state index in [4.69, 9.17) is 9.72 Å². The van der Waals surface area contributed by atoms with E-state index in [-0.39, 0.29) is 25.1 Å². The Kier molecular flexibility index (Phi) is 5.48. The Hall–Kier alpha value is -4.21. The Labute approximate surface area is 195 Å². The molecular formula is C24H24FN7O2. The fourth-order valence-electron chi connectivity index (χ4n) is 3.97. The molecule has 0 radical (unpaired) electrons. The number of aromatic nitrogens is 4. The van der Waals surface area contributed by atoms with Crippen LogP contribution in [0, 0.1) is 12.7 Å². The summed E-state index contributed by atoms with van der Waals surface area (Å²) in [6.45, 7) is 4.29. The Morgan fingerprint density at radius 3 is 2.82 bits per heavy atom. The molecule has 174 valence electrons. The predicted molar refractivity (Wildman–Crippen MR) is 127 cm³/mol. The highest BCUT2D eigenvalue weighted by molar-refractivity contribution is 6.00. The van der Waals surface area contributed by atoms with E-state index in [1.54, 1.807) is 4.52 Å². The van der Waals surface area contributed by atoms with Gasteiger partial charge in [0.1, 0.15) is 23.3 Å². The molecule has 0 saturated heterocycles. The molecule has 0 fully saturated rings. The van der Waals surface area contributed by atoms with Gasteiger partial charge in [-0.3, -0.25) is 4.79 Å². The minimum atomic E-state index is -0.463. The maximum absolute atomic E-state index is 14.0. The summed E-state index contributed by atoms with van der Waals surface area (Å²) in [6, 6.07) is 7.40. The molecule has 1 aromatic carbocycles. The molecule has 1 amide bonds. The zero-order chi connectivity index (χ0) is 23.8. The Morgan fingerprint density at radius 1 is 1.18 bits per heavy atom. The molecule has 0 spiro atoms. The minimum Gasteiger partial charge on any atom is -0.473 e. The van der Waals surface area contributed by atoms with Crippen LogP contribution in [0.15, 0.2) is 42.9 Å². The van der Waals surface area contributed by atoms with Gasteiger partial charge in [0.05, 0.1) is 18.9 Å². The summed E-state index contributed by atoms with van der Waals surface area (Å²) >= 11 is 0. The minimum absolute atomic E-state index is 0.224. The van der Waals surface area contributed by atoms with Crippen molar-refractivity contribution in [2.45, 2.75) is 26.5 Å². The molecule has 34 heavy (non-hydrogen) atoms. The number of anilines is 2. The first-order valence-electron chi connectivity index (χ1n) is 10.9. The third-order valence-corrected chi connectivity index (χ3v) is 5.74. The number of hydrogen-bond donors (Lipinski definition) is 3. The maximum Gasteiger partial charge on any atom is 0.256 e. The molecule has 1 aliphatic rings. The smallest absolute Gasteiger partial charge is 0.256 e. The average molecular weight is 462 g/mol. The van der Waals surface area contributed by atoms with Crippen molar-refractivity contribution in [2.75, 3.05) is 24.2 Å². The molecule has 4 heterocycles. The van der Waals surface area contributed by atoms with Crippen LogP contribution in [0.4, 0.5) is 15.9 Å². The number of amides is 1. The van der Waals surface area contributed by atoms with E-state index >= 15 is 0 Å². The summed E-state index contributed by atoms with van der Waals surface area (Å²) in [5.74, 6) is 0.0623. The van der Waals surface area contributed by atoms with Crippen LogP contribution in [0.1, 0.15) is 28.4 Å². The fraction of sp³-hybridized carbons (Fsp3) is 0.250. The van der Waals surface area contributed by atoms with Crippen molar-refractivity contribution in [3.05, 3.63) is 65.4 Å². The van der Waals surface area contributed by atoms with Gasteiger partial charge in [0, 0.05) is 36.6 Å². The summed E-state index contributed by atoms with van der Waals surface area (Å²) in [4.78, 5) is 21.7. The molecule has 3 N–H and O–H groups in total. The second kappa shape index (κ2) is 8.62. The number of ether oxygens (including phenoxy) is 1. The van der Waals surface area contributed by atoms with Gasteiger partial charge in [0.2, 0.25) is 5.88 Å². The molecule has 0 saturated carbocycles. The van der Waals surface area contributed by atoms with Gasteiger partial charge in [-0.05, 0) is 43.2 Å². The van der Waals surface area contributed by atoms with Crippen LogP contribution in [0.25, 0.3) is 16.8 Å². The summed E-state index contributed by atoms with van der Waals surface area (Å²) in [5.41, 5.74) is 5.07. The average Bonchev–Trinajstić information content (AvgIpc) is 3.24. The number of rotatable bonds is 2. The monoisotopic (exact) mass is 461 g/mol. The van der Waals surface area contributed by atoms with E-state index < -0.39 is 5.82 Å². The van der Waals surface area contributed by atoms with Gasteiger partial charge in [-0.15, -0.1) is 0 Å². The highest BCUT2D eigenvalue weighted by Crippen LogP contribution is 2.32. The van der Waals surface area contributed by atoms with Crippen molar-refractivity contribution in [2.24, 2.45) is 0 Å². The van der Waals surface area contributed by atoms with Crippen molar-refractivity contribution in [1.29, 1.82) is 0 Å². The van der Waals surface area contributed by atoms with Gasteiger partial charge in [-0.25, -0.2) is 18.9 Å². The SMILES string of the molecule is CNc1ccc(-c2cn3ncc4c3nc2NCc2cc(F)cnc2O[C@@H](C)CNC4=O)c(C)c1. The molecule has 5 rings (SSSR count). The highest BCUT2D eigenvalue weighted by Gasteiger charge is 2.21. The summed E-state index contributed by atoms with van der Waals surface area (Å²) in [5, 5.41) is 13.7. The predicted octanol–water partition coefficient (Wildman–Crippen LogP) is 3.40. The van der Waals surface area contributed by atoms with Crippen LogP contribution >= 0.6 is 0 Å². The van der Waals surface area contributed by atoms with Crippen LogP contribution in [0.3, 0.4) is 0 Å². The normalized spacial score (nSPS) is 15.9. The van der Waals surface area contributed by atoms with Gasteiger partial charge in [0.25, 0.3) is 5.91 Å². The summed E-state index contributed by atoms with van der Waals surface area (Å²) in [6.07, 6.45) is 4.07. The van der Waals surface area contributed by atoms with Crippen molar-refractivity contribution >= 4 is 23.1 Å². The molecule has 0 aliphatic carbocycles. The highest BCUT2D eigenvalue weighted by atomic mass is 19.1. The van der Waals surface area contributed by atoms with E-state index in [1.807, 2.05) is 45.3 Å². The molecule has 10 heteroatoms. The van der Waals surface area contributed by atoms with Gasteiger partial charge < -0.3 is 20.7 Å². The zero-order valence-electron chi connectivity index (χ0n) is 19.0. The van der Waals surface area contributed by atoms with Crippen molar-refractivity contribution < 1.29 is 13.9 Å². The van der Waals surface area contributed by atoms with E-state index in [0.717, 1.165) is 28.6 Å². The number of aryl methyl sites for hydroxylation is 1. The molecule has 0 unspecified atom stereocenters. The Bertz CT molecular complexity index is 1400. The topological polar surface area (TPSA) is 105 Å². The number of nitrogens with zero attached hydrogens (tertiary/aromatic N) is 4. The zero-order valence-corrected chi connectivity index (χ0v) is 19.0. The van der Waals surface area contributed by atoms with Gasteiger partial charge in [-0.2, -0.15) is 5.10 Å². The first kappa shape index (κ1) is 21.6. The lowest BCUT2D eigenvalue weighted by Crippen LogP contribution is -2.33. The summed E-state index contributed by atoms with van der Waals surface area (Å²) in [7, 11) is 1.87. The molecule has 9 nitrogen and oxygen atoms in total. The Balaban J connectivity index is 1.67. The number of carbonyl (C=O) groups excluding carboxylic acids is 1. The van der Waals surface area contributed by atoms with Crippen molar-refractivity contribution in [3.8, 4) is 17.0 Å². The molecule has 1 atom stereocenters. The van der Waals surface area contributed by atoms with Gasteiger partial charge in [-0.1, -0.05) is 6.07 Å². The molecule has 2 bridgehead atoms. The van der Waals surface area contributed by atoms with Crippen LogP contribution in [-0.4, -0.2) is 45.2 Å². The number of hydrogen-bond acceptors (Lipinski definition) is 7. The van der Waals surface area contributed by atoms with Crippen LogP contribution in [-0.2, 0) is 6.54 Å². The maximum atomic E-state index is 14.0. The van der Waals surface area contributed by atoms with Gasteiger partial charge >= 0.3 is 0 Å². The van der Waals surface area contributed by atoms with Crippen LogP contribution < -0.4 is 20.7 Å². The second-order valence-electron chi connectivity index (χ2n) is 8.22. The van der Waals surface area contributed by atoms with Gasteiger partial charge in [0.15, 0.2) is 5.65 Å². The fourth-order valence-corrected chi connectivity index (χ4v) is 3.97. The van der Waals surface area contributed by atoms with Crippen LogP contribution in [0.5, 0.6) is 5.88 Å². The van der Waals surface area contributed by atoms with E-state index in [2.05, 4.69) is 26.0 Å². The van der Waals surface area contributed by atoms with Crippen molar-refractivity contribution in [3.63, 3.8) is 0 Å². The lowest BCUT2D eigenvalue weighted by atomic mass is 10.0. The van der Waals surface area contributed by atoms with E-state index in [0.29, 0.717) is 28.5 Å². The molecular weight excluding hydrogens is 437 g/mol. The number of carbonyl (C=O) groups is 1. The first-order valence-corrected chi connectivity index (χ1v) is 10.9. The number of pyridine rings is 1. The van der Waals surface area contributed by atoms with Crippen molar-refractivity contribution in [1.82, 2.24) is 24.9 Å². The largest absolute Gasteiger partial charge is 0.473 e. The second-order valence-corrected chi connectivity index (χ2v) is 8.22. The quantitative estimate of drug-likeness (QED) is 0.420. The number of benzene rings is 1. The lowest BCUT2D eigenvalue weighted by Gasteiger charge is -2.17. The van der Waals surface area contributed by atoms with E-state index in [1.165, 1.54) is 12.3 Å². The summed E-state index contributed by atoms with van der Waals surface area (Å²) < 4.78 is 21.5. The molecule has 1 aliphatic heterocycles. The third-order valence-electron chi connectivity index (χ3n) is 5.74. The first-order chi connectivity index (χ1) is 16.4.